The van der Waals surface area contributed by atoms with E-state index in [1.165, 1.54) is 0 Å². The van der Waals surface area contributed by atoms with Crippen molar-refractivity contribution in [3.63, 3.8) is 0 Å². The van der Waals surface area contributed by atoms with E-state index in [1.54, 1.807) is 4.90 Å². The second-order valence-corrected chi connectivity index (χ2v) is 8.46. The molecule has 0 radical (unpaired) electrons. The van der Waals surface area contributed by atoms with Gasteiger partial charge in [0.2, 0.25) is 0 Å². The molecule has 1 heterocycles. The van der Waals surface area contributed by atoms with Crippen molar-refractivity contribution in [2.24, 2.45) is 5.16 Å². The number of nitrogens with zero attached hydrogens (tertiary/aromatic N) is 3. The van der Waals surface area contributed by atoms with Crippen molar-refractivity contribution in [1.29, 1.82) is 0 Å². The number of hydrogen-bond acceptors (Lipinski definition) is 4. The maximum atomic E-state index is 12.8. The molecule has 3 rings (SSSR count). The fourth-order valence-corrected chi connectivity index (χ4v) is 3.52. The highest BCUT2D eigenvalue weighted by Crippen LogP contribution is 2.21. The Kier molecular flexibility index (Phi) is 7.21. The van der Waals surface area contributed by atoms with Crippen LogP contribution < -0.4 is 10.2 Å². The lowest BCUT2D eigenvalue weighted by atomic mass is 10.0. The van der Waals surface area contributed by atoms with Gasteiger partial charge in [0.1, 0.15) is 0 Å². The fraction of sp³-hybridized carbons (Fsp3) is 0.391. The van der Waals surface area contributed by atoms with Gasteiger partial charge in [-0.15, -0.1) is 0 Å². The van der Waals surface area contributed by atoms with Crippen molar-refractivity contribution < 1.29 is 9.63 Å². The molecule has 160 valence electrons. The van der Waals surface area contributed by atoms with Gasteiger partial charge in [0, 0.05) is 43.8 Å². The Labute approximate surface area is 183 Å². The Morgan fingerprint density at radius 3 is 2.60 bits per heavy atom. The molecule has 1 atom stereocenters. The van der Waals surface area contributed by atoms with Gasteiger partial charge in [0.15, 0.2) is 6.10 Å². The van der Waals surface area contributed by atoms with E-state index in [9.17, 15) is 4.79 Å². The summed E-state index contributed by atoms with van der Waals surface area (Å²) >= 11 is 6.11. The smallest absolute Gasteiger partial charge is 0.318 e. The van der Waals surface area contributed by atoms with Gasteiger partial charge in [-0.05, 0) is 49.2 Å². The fourth-order valence-electron chi connectivity index (χ4n) is 3.31. The molecule has 0 aliphatic carbocycles. The topological polar surface area (TPSA) is 57.2 Å². The Balaban J connectivity index is 1.66. The van der Waals surface area contributed by atoms with Crippen LogP contribution in [0, 0.1) is 0 Å². The highest BCUT2D eigenvalue weighted by molar-refractivity contribution is 6.30. The number of carbonyl (C=O) groups is 1. The molecule has 0 saturated carbocycles. The molecular weight excluding hydrogens is 400 g/mol. The summed E-state index contributed by atoms with van der Waals surface area (Å²) in [6.07, 6.45) is 0.466. The van der Waals surface area contributed by atoms with Crippen molar-refractivity contribution >= 4 is 29.0 Å². The van der Waals surface area contributed by atoms with E-state index >= 15 is 0 Å². The number of amides is 2. The molecule has 30 heavy (non-hydrogen) atoms. The molecule has 2 aromatic carbocycles. The quantitative estimate of drug-likeness (QED) is 0.705. The van der Waals surface area contributed by atoms with Crippen LogP contribution in [0.3, 0.4) is 0 Å². The first-order valence-electron chi connectivity index (χ1n) is 10.1. The molecule has 1 unspecified atom stereocenters. The SMILES string of the molecule is CC(C)NC(=O)N(Cc1cccc(Cl)c1)CC1CC(c2ccc(N(C)C)cc2)=NO1. The van der Waals surface area contributed by atoms with E-state index in [-0.39, 0.29) is 18.2 Å². The predicted octanol–water partition coefficient (Wildman–Crippen LogP) is 4.52. The van der Waals surface area contributed by atoms with Crippen LogP contribution in [-0.4, -0.2) is 49.4 Å². The summed E-state index contributed by atoms with van der Waals surface area (Å²) in [7, 11) is 4.02. The number of benzene rings is 2. The first kappa shape index (κ1) is 22.0. The molecule has 0 fully saturated rings. The third-order valence-electron chi connectivity index (χ3n) is 4.84. The van der Waals surface area contributed by atoms with E-state index in [1.807, 2.05) is 52.2 Å². The molecule has 6 nitrogen and oxygen atoms in total. The van der Waals surface area contributed by atoms with Crippen molar-refractivity contribution in [2.75, 3.05) is 25.5 Å². The molecule has 2 aromatic rings. The van der Waals surface area contributed by atoms with Crippen LogP contribution in [0.25, 0.3) is 0 Å². The summed E-state index contributed by atoms with van der Waals surface area (Å²) < 4.78 is 0. The second kappa shape index (κ2) is 9.85. The minimum absolute atomic E-state index is 0.0471. The summed E-state index contributed by atoms with van der Waals surface area (Å²) in [5, 5.41) is 7.90. The minimum atomic E-state index is -0.189. The van der Waals surface area contributed by atoms with Gasteiger partial charge in [0.05, 0.1) is 12.3 Å². The Bertz CT molecular complexity index is 896. The molecule has 1 aliphatic heterocycles. The summed E-state index contributed by atoms with van der Waals surface area (Å²) in [4.78, 5) is 22.3. The van der Waals surface area contributed by atoms with Crippen molar-refractivity contribution in [1.82, 2.24) is 10.2 Å². The third kappa shape index (κ3) is 5.89. The normalized spacial score (nSPS) is 15.5. The Hall–Kier alpha value is -2.73. The maximum Gasteiger partial charge on any atom is 0.318 e. The van der Waals surface area contributed by atoms with Gasteiger partial charge in [-0.3, -0.25) is 0 Å². The van der Waals surface area contributed by atoms with E-state index < -0.39 is 0 Å². The minimum Gasteiger partial charge on any atom is -0.390 e. The molecule has 0 bridgehead atoms. The van der Waals surface area contributed by atoms with Crippen LogP contribution in [0.1, 0.15) is 31.4 Å². The lowest BCUT2D eigenvalue weighted by molar-refractivity contribution is 0.0586. The standard InChI is InChI=1S/C23H29ClN4O2/c1-16(2)25-23(29)28(14-17-6-5-7-19(24)12-17)15-21-13-22(26-30-21)18-8-10-20(11-9-18)27(3)4/h5-12,16,21H,13-15H2,1-4H3,(H,25,29). The molecule has 7 heteroatoms. The second-order valence-electron chi connectivity index (χ2n) is 8.03. The van der Waals surface area contributed by atoms with Gasteiger partial charge in [0.25, 0.3) is 0 Å². The van der Waals surface area contributed by atoms with E-state index in [4.69, 9.17) is 16.4 Å². The number of rotatable bonds is 7. The zero-order valence-corrected chi connectivity index (χ0v) is 18.7. The highest BCUT2D eigenvalue weighted by Gasteiger charge is 2.27. The molecule has 0 saturated heterocycles. The molecule has 0 aromatic heterocycles. The Morgan fingerprint density at radius 1 is 1.23 bits per heavy atom. The van der Waals surface area contributed by atoms with Crippen molar-refractivity contribution in [3.8, 4) is 0 Å². The van der Waals surface area contributed by atoms with E-state index in [0.29, 0.717) is 24.5 Å². The Morgan fingerprint density at radius 2 is 1.97 bits per heavy atom. The lowest BCUT2D eigenvalue weighted by Gasteiger charge is -2.26. The van der Waals surface area contributed by atoms with Crippen LogP contribution in [0.15, 0.2) is 53.7 Å². The number of hydrogen-bond donors (Lipinski definition) is 1. The molecule has 2 amide bonds. The summed E-state index contributed by atoms with van der Waals surface area (Å²) in [6.45, 7) is 4.78. The van der Waals surface area contributed by atoms with Gasteiger partial charge < -0.3 is 20.0 Å². The third-order valence-corrected chi connectivity index (χ3v) is 5.07. The van der Waals surface area contributed by atoms with Crippen LogP contribution in [-0.2, 0) is 11.4 Å². The molecular formula is C23H29ClN4O2. The number of urea groups is 1. The van der Waals surface area contributed by atoms with E-state index in [0.717, 1.165) is 22.5 Å². The van der Waals surface area contributed by atoms with Crippen LogP contribution in [0.4, 0.5) is 10.5 Å². The zero-order valence-electron chi connectivity index (χ0n) is 17.9. The number of nitrogens with one attached hydrogen (secondary N) is 1. The first-order chi connectivity index (χ1) is 14.3. The zero-order chi connectivity index (χ0) is 21.7. The first-order valence-corrected chi connectivity index (χ1v) is 10.5. The lowest BCUT2D eigenvalue weighted by Crippen LogP contribution is -2.45. The van der Waals surface area contributed by atoms with Gasteiger partial charge in [-0.2, -0.15) is 0 Å². The summed E-state index contributed by atoms with van der Waals surface area (Å²) in [6, 6.07) is 15.7. The van der Waals surface area contributed by atoms with E-state index in [2.05, 4.69) is 39.6 Å². The van der Waals surface area contributed by atoms with Gasteiger partial charge in [-0.25, -0.2) is 4.79 Å². The molecule has 0 spiro atoms. The number of anilines is 1. The summed E-state index contributed by atoms with van der Waals surface area (Å²) in [5.41, 5.74) is 4.04. The van der Waals surface area contributed by atoms with Crippen molar-refractivity contribution in [2.45, 2.75) is 39.0 Å². The monoisotopic (exact) mass is 428 g/mol. The highest BCUT2D eigenvalue weighted by atomic mass is 35.5. The number of halogens is 1. The maximum absolute atomic E-state index is 12.8. The molecule has 1 aliphatic rings. The van der Waals surface area contributed by atoms with Crippen LogP contribution in [0.2, 0.25) is 5.02 Å². The largest absolute Gasteiger partial charge is 0.390 e. The van der Waals surface area contributed by atoms with Crippen molar-refractivity contribution in [3.05, 3.63) is 64.7 Å². The van der Waals surface area contributed by atoms with Gasteiger partial charge >= 0.3 is 6.03 Å². The van der Waals surface area contributed by atoms with Gasteiger partial charge in [-0.1, -0.05) is 41.0 Å². The number of oxime groups is 1. The predicted molar refractivity (Wildman–Crippen MR) is 122 cm³/mol. The average Bonchev–Trinajstić information content (AvgIpc) is 3.15. The number of carbonyl (C=O) groups excluding carboxylic acids is 1. The summed E-state index contributed by atoms with van der Waals surface area (Å²) in [5.74, 6) is 0. The molecule has 1 N–H and O–H groups in total. The average molecular weight is 429 g/mol. The van der Waals surface area contributed by atoms with Crippen LogP contribution in [0.5, 0.6) is 0 Å². The van der Waals surface area contributed by atoms with Crippen LogP contribution >= 0.6 is 11.6 Å².